The maximum Gasteiger partial charge on any atom is 0.341 e. The summed E-state index contributed by atoms with van der Waals surface area (Å²) in [5.41, 5.74) is 2.57. The molecular weight excluding hydrogens is 422 g/mol. The summed E-state index contributed by atoms with van der Waals surface area (Å²) in [7, 11) is 1.37. The zero-order valence-electron chi connectivity index (χ0n) is 18.1. The van der Waals surface area contributed by atoms with Gasteiger partial charge in [-0.05, 0) is 66.8 Å². The lowest BCUT2D eigenvalue weighted by Gasteiger charge is -2.33. The van der Waals surface area contributed by atoms with Gasteiger partial charge < -0.3 is 14.8 Å². The summed E-state index contributed by atoms with van der Waals surface area (Å²) in [5, 5.41) is 4.05. The number of methoxy groups -OCH3 is 1. The van der Waals surface area contributed by atoms with Crippen LogP contribution in [0.2, 0.25) is 5.02 Å². The summed E-state index contributed by atoms with van der Waals surface area (Å²) >= 11 is 7.50. The number of aryl methyl sites for hydroxylation is 1. The first-order valence-electron chi connectivity index (χ1n) is 10.0. The van der Waals surface area contributed by atoms with E-state index in [0.29, 0.717) is 27.3 Å². The number of benzene rings is 1. The number of carbonyl (C=O) groups excluding carboxylic acids is 2. The van der Waals surface area contributed by atoms with E-state index in [2.05, 4.69) is 26.1 Å². The van der Waals surface area contributed by atoms with Crippen LogP contribution in [0.1, 0.15) is 53.6 Å². The van der Waals surface area contributed by atoms with Crippen LogP contribution >= 0.6 is 22.9 Å². The van der Waals surface area contributed by atoms with Crippen molar-refractivity contribution in [3.63, 3.8) is 0 Å². The second kappa shape index (κ2) is 8.98. The van der Waals surface area contributed by atoms with Gasteiger partial charge in [-0.25, -0.2) is 4.79 Å². The lowest BCUT2D eigenvalue weighted by molar-refractivity contribution is -0.118. The van der Waals surface area contributed by atoms with Crippen LogP contribution in [0.3, 0.4) is 0 Å². The lowest BCUT2D eigenvalue weighted by atomic mass is 9.72. The maximum atomic E-state index is 12.5. The SMILES string of the molecule is COC(=O)c1c(NC(=O)COc2ccc(Cl)c(C)c2)sc2c1CC[C@@H](C(C)(C)C)C2. The molecule has 1 aromatic carbocycles. The quantitative estimate of drug-likeness (QED) is 0.597. The van der Waals surface area contributed by atoms with E-state index in [9.17, 15) is 9.59 Å². The summed E-state index contributed by atoms with van der Waals surface area (Å²) in [4.78, 5) is 26.2. The Morgan fingerprint density at radius 3 is 2.67 bits per heavy atom. The fourth-order valence-corrected chi connectivity index (χ4v) is 5.20. The topological polar surface area (TPSA) is 64.6 Å². The smallest absolute Gasteiger partial charge is 0.341 e. The molecule has 1 N–H and O–H groups in total. The number of anilines is 1. The van der Waals surface area contributed by atoms with Crippen LogP contribution in [0.5, 0.6) is 5.75 Å². The molecule has 1 amide bonds. The molecule has 1 aliphatic carbocycles. The first-order chi connectivity index (χ1) is 14.1. The molecule has 7 heteroatoms. The minimum absolute atomic E-state index is 0.158. The Morgan fingerprint density at radius 2 is 2.03 bits per heavy atom. The highest BCUT2D eigenvalue weighted by atomic mass is 35.5. The number of amides is 1. The van der Waals surface area contributed by atoms with E-state index < -0.39 is 5.97 Å². The predicted octanol–water partition coefficient (Wildman–Crippen LogP) is 5.67. The summed E-state index contributed by atoms with van der Waals surface area (Å²) in [6.07, 6.45) is 2.74. The van der Waals surface area contributed by atoms with Gasteiger partial charge in [-0.2, -0.15) is 0 Å². The average Bonchev–Trinajstić information content (AvgIpc) is 3.04. The first kappa shape index (κ1) is 22.6. The third-order valence-electron chi connectivity index (χ3n) is 5.63. The standard InChI is InChI=1S/C23H28ClNO4S/c1-13-10-15(7-9-17(13)24)29-12-19(26)25-21-20(22(27)28-5)16-8-6-14(23(2,3)4)11-18(16)30-21/h7,9-10,14H,6,8,11-12H2,1-5H3,(H,25,26)/t14-/m1/s1. The summed E-state index contributed by atoms with van der Waals surface area (Å²) in [5.74, 6) is 0.373. The Bertz CT molecular complexity index is 961. The van der Waals surface area contributed by atoms with Gasteiger partial charge in [-0.3, -0.25) is 4.79 Å². The maximum absolute atomic E-state index is 12.5. The molecule has 1 heterocycles. The number of nitrogens with one attached hydrogen (secondary N) is 1. The number of fused-ring (bicyclic) bond motifs is 1. The van der Waals surface area contributed by atoms with Gasteiger partial charge in [0.15, 0.2) is 6.61 Å². The minimum atomic E-state index is -0.411. The van der Waals surface area contributed by atoms with E-state index in [0.717, 1.165) is 35.3 Å². The average molecular weight is 450 g/mol. The molecule has 0 unspecified atom stereocenters. The molecule has 30 heavy (non-hydrogen) atoms. The monoisotopic (exact) mass is 449 g/mol. The third kappa shape index (κ3) is 4.98. The van der Waals surface area contributed by atoms with Crippen molar-refractivity contribution in [2.24, 2.45) is 11.3 Å². The van der Waals surface area contributed by atoms with Gasteiger partial charge >= 0.3 is 5.97 Å². The Hall–Kier alpha value is -2.05. The van der Waals surface area contributed by atoms with Gasteiger partial charge in [0.1, 0.15) is 10.8 Å². The van der Waals surface area contributed by atoms with E-state index in [-0.39, 0.29) is 17.9 Å². The van der Waals surface area contributed by atoms with Crippen LogP contribution in [-0.2, 0) is 22.4 Å². The largest absolute Gasteiger partial charge is 0.484 e. The number of thiophene rings is 1. The van der Waals surface area contributed by atoms with E-state index in [1.165, 1.54) is 18.4 Å². The number of carbonyl (C=O) groups is 2. The molecule has 1 atom stereocenters. The number of hydrogen-bond acceptors (Lipinski definition) is 5. The second-order valence-corrected chi connectivity index (χ2v) is 10.3. The predicted molar refractivity (Wildman–Crippen MR) is 121 cm³/mol. The van der Waals surface area contributed by atoms with E-state index in [1.807, 2.05) is 6.92 Å². The Kier molecular flexibility index (Phi) is 6.78. The Labute approximate surface area is 186 Å². The number of esters is 1. The number of hydrogen-bond donors (Lipinski definition) is 1. The van der Waals surface area contributed by atoms with E-state index in [1.54, 1.807) is 18.2 Å². The Morgan fingerprint density at radius 1 is 1.30 bits per heavy atom. The normalized spacial score (nSPS) is 16.0. The Balaban J connectivity index is 1.76. The molecule has 1 aliphatic rings. The van der Waals surface area contributed by atoms with Crippen LogP contribution in [0.25, 0.3) is 0 Å². The molecule has 0 fully saturated rings. The molecule has 1 aromatic heterocycles. The van der Waals surface area contributed by atoms with Crippen molar-refractivity contribution < 1.29 is 19.1 Å². The van der Waals surface area contributed by atoms with Crippen LogP contribution in [0.15, 0.2) is 18.2 Å². The van der Waals surface area contributed by atoms with Crippen LogP contribution in [-0.4, -0.2) is 25.6 Å². The van der Waals surface area contributed by atoms with Crippen molar-refractivity contribution in [2.45, 2.75) is 47.0 Å². The van der Waals surface area contributed by atoms with Gasteiger partial charge in [-0.1, -0.05) is 32.4 Å². The molecule has 0 saturated heterocycles. The molecule has 2 aromatic rings. The van der Waals surface area contributed by atoms with Crippen molar-refractivity contribution >= 4 is 39.8 Å². The van der Waals surface area contributed by atoms with Gasteiger partial charge in [0.05, 0.1) is 12.7 Å². The van der Waals surface area contributed by atoms with Gasteiger partial charge in [0, 0.05) is 9.90 Å². The first-order valence-corrected chi connectivity index (χ1v) is 11.2. The molecular formula is C23H28ClNO4S. The van der Waals surface area contributed by atoms with Gasteiger partial charge in [0.25, 0.3) is 5.91 Å². The van der Waals surface area contributed by atoms with Crippen LogP contribution in [0, 0.1) is 18.3 Å². The highest BCUT2D eigenvalue weighted by molar-refractivity contribution is 7.17. The van der Waals surface area contributed by atoms with Crippen LogP contribution in [0.4, 0.5) is 5.00 Å². The van der Waals surface area contributed by atoms with Crippen molar-refractivity contribution in [1.82, 2.24) is 0 Å². The third-order valence-corrected chi connectivity index (χ3v) is 7.23. The minimum Gasteiger partial charge on any atom is -0.484 e. The van der Waals surface area contributed by atoms with E-state index in [4.69, 9.17) is 21.1 Å². The molecule has 5 nitrogen and oxygen atoms in total. The fraction of sp³-hybridized carbons (Fsp3) is 0.478. The fourth-order valence-electron chi connectivity index (χ4n) is 3.75. The number of ether oxygens (including phenoxy) is 2. The highest BCUT2D eigenvalue weighted by Gasteiger charge is 2.34. The molecule has 3 rings (SSSR count). The van der Waals surface area contributed by atoms with E-state index >= 15 is 0 Å². The molecule has 0 aliphatic heterocycles. The van der Waals surface area contributed by atoms with Crippen molar-refractivity contribution in [1.29, 1.82) is 0 Å². The van der Waals surface area contributed by atoms with Crippen LogP contribution < -0.4 is 10.1 Å². The van der Waals surface area contributed by atoms with Crippen molar-refractivity contribution in [3.05, 3.63) is 44.8 Å². The van der Waals surface area contributed by atoms with Crippen molar-refractivity contribution in [3.8, 4) is 5.75 Å². The second-order valence-electron chi connectivity index (χ2n) is 8.75. The summed E-state index contributed by atoms with van der Waals surface area (Å²) in [6, 6.07) is 5.24. The van der Waals surface area contributed by atoms with Gasteiger partial charge in [0.2, 0.25) is 0 Å². The lowest BCUT2D eigenvalue weighted by Crippen LogP contribution is -2.26. The molecule has 0 saturated carbocycles. The zero-order chi connectivity index (χ0) is 22.1. The molecule has 0 radical (unpaired) electrons. The number of halogens is 1. The molecule has 0 spiro atoms. The molecule has 162 valence electrons. The van der Waals surface area contributed by atoms with Crippen molar-refractivity contribution in [2.75, 3.05) is 19.0 Å². The zero-order valence-corrected chi connectivity index (χ0v) is 19.6. The summed E-state index contributed by atoms with van der Waals surface area (Å²) < 4.78 is 10.6. The number of rotatable bonds is 5. The molecule has 0 bridgehead atoms. The van der Waals surface area contributed by atoms with Gasteiger partial charge in [-0.15, -0.1) is 11.3 Å². The summed E-state index contributed by atoms with van der Waals surface area (Å²) in [6.45, 7) is 8.45. The highest BCUT2D eigenvalue weighted by Crippen LogP contribution is 2.44.